The molecule has 0 unspecified atom stereocenters. The number of furan rings is 1. The molecule has 4 aromatic heterocycles. The van der Waals surface area contributed by atoms with E-state index in [-0.39, 0.29) is 11.7 Å². The summed E-state index contributed by atoms with van der Waals surface area (Å²) in [6.45, 7) is 0. The zero-order valence-corrected chi connectivity index (χ0v) is 16.9. The number of hydrogen-bond acceptors (Lipinski definition) is 7. The molecule has 0 aliphatic carbocycles. The quantitative estimate of drug-likeness (QED) is 0.395. The van der Waals surface area contributed by atoms with Gasteiger partial charge in [0, 0.05) is 22.3 Å². The van der Waals surface area contributed by atoms with Crippen LogP contribution in [0, 0.1) is 0 Å². The zero-order valence-electron chi connectivity index (χ0n) is 14.5. The lowest BCUT2D eigenvalue weighted by molar-refractivity contribution is -0.191. The highest BCUT2D eigenvalue weighted by Gasteiger charge is 2.13. The largest absolute Gasteiger partial charge is 0.457 e. The summed E-state index contributed by atoms with van der Waals surface area (Å²) in [7, 11) is 0. The normalized spacial score (nSPS) is 11.4. The van der Waals surface area contributed by atoms with E-state index in [9.17, 15) is 4.79 Å². The number of nitrogens with zero attached hydrogens (tertiary/aromatic N) is 3. The van der Waals surface area contributed by atoms with E-state index in [2.05, 4.69) is 25.9 Å². The van der Waals surface area contributed by atoms with Gasteiger partial charge in [-0.1, -0.05) is 41.7 Å². The van der Waals surface area contributed by atoms with Crippen LogP contribution in [0.25, 0.3) is 33.5 Å². The summed E-state index contributed by atoms with van der Waals surface area (Å²) in [5.41, 5.74) is 2.11. The van der Waals surface area contributed by atoms with Crippen molar-refractivity contribution in [3.05, 3.63) is 79.8 Å². The Morgan fingerprint density at radius 2 is 1.90 bits per heavy atom. The van der Waals surface area contributed by atoms with Crippen LogP contribution < -0.4 is 10.1 Å². The Hall–Kier alpha value is -3.39. The number of benzene rings is 1. The summed E-state index contributed by atoms with van der Waals surface area (Å²) >= 11 is 4.70. The molecule has 0 bridgehead atoms. The average molecular weight is 468 g/mol. The SMILES string of the molecule is O=C=O.O=c1/c(=C/c2ccc(-c3ccccc3)o2)sc2nc3cc(Br)cnc3n12. The lowest BCUT2D eigenvalue weighted by Gasteiger charge is -1.94. The number of rotatable bonds is 2. The van der Waals surface area contributed by atoms with E-state index in [1.165, 1.54) is 11.3 Å². The van der Waals surface area contributed by atoms with Gasteiger partial charge in [0.2, 0.25) is 0 Å². The Kier molecular flexibility index (Phi) is 5.18. The molecule has 142 valence electrons. The number of pyridine rings is 1. The maximum atomic E-state index is 12.8. The van der Waals surface area contributed by atoms with Gasteiger partial charge in [-0.15, -0.1) is 0 Å². The van der Waals surface area contributed by atoms with Crippen LogP contribution in [-0.2, 0) is 9.59 Å². The first-order valence-electron chi connectivity index (χ1n) is 8.23. The minimum Gasteiger partial charge on any atom is -0.457 e. The number of carbonyl (C=O) groups excluding carboxylic acids is 2. The number of thiazole rings is 1. The van der Waals surface area contributed by atoms with E-state index in [0.29, 0.717) is 26.4 Å². The fraction of sp³-hybridized carbons (Fsp3) is 0. The lowest BCUT2D eigenvalue weighted by Crippen LogP contribution is -2.22. The summed E-state index contributed by atoms with van der Waals surface area (Å²) in [5, 5.41) is 0. The van der Waals surface area contributed by atoms with Crippen LogP contribution in [0.2, 0.25) is 0 Å². The lowest BCUT2D eigenvalue weighted by atomic mass is 10.2. The molecule has 9 heteroatoms. The summed E-state index contributed by atoms with van der Waals surface area (Å²) in [5.74, 6) is 1.40. The Balaban J connectivity index is 0.000000645. The van der Waals surface area contributed by atoms with Crippen molar-refractivity contribution >= 4 is 55.6 Å². The van der Waals surface area contributed by atoms with Crippen molar-refractivity contribution in [2.75, 3.05) is 0 Å². The third-order valence-corrected chi connectivity index (χ3v) is 5.41. The van der Waals surface area contributed by atoms with Gasteiger partial charge in [-0.3, -0.25) is 4.79 Å². The van der Waals surface area contributed by atoms with Crippen molar-refractivity contribution in [2.24, 2.45) is 0 Å². The molecule has 0 spiro atoms. The summed E-state index contributed by atoms with van der Waals surface area (Å²) in [6.07, 6.45) is 3.66. The Labute approximate surface area is 175 Å². The molecule has 1 aromatic carbocycles. The molecule has 0 N–H and O–H groups in total. The third kappa shape index (κ3) is 3.66. The summed E-state index contributed by atoms with van der Waals surface area (Å²) in [4.78, 5) is 38.5. The van der Waals surface area contributed by atoms with Crippen LogP contribution in [0.3, 0.4) is 0 Å². The molecular formula is C20H10BrN3O4S. The molecule has 5 rings (SSSR count). The molecule has 0 fully saturated rings. The van der Waals surface area contributed by atoms with E-state index < -0.39 is 0 Å². The zero-order chi connectivity index (χ0) is 20.4. The van der Waals surface area contributed by atoms with Crippen LogP contribution in [-0.4, -0.2) is 20.5 Å². The highest BCUT2D eigenvalue weighted by atomic mass is 79.9. The second-order valence-electron chi connectivity index (χ2n) is 5.79. The fourth-order valence-corrected chi connectivity index (χ4v) is 4.11. The number of fused-ring (bicyclic) bond motifs is 3. The minimum absolute atomic E-state index is 0.139. The first kappa shape index (κ1) is 18.9. The molecule has 0 saturated heterocycles. The number of halogens is 1. The van der Waals surface area contributed by atoms with Gasteiger partial charge in [-0.05, 0) is 34.1 Å². The van der Waals surface area contributed by atoms with Gasteiger partial charge in [-0.25, -0.2) is 14.4 Å². The van der Waals surface area contributed by atoms with E-state index in [0.717, 1.165) is 15.8 Å². The highest BCUT2D eigenvalue weighted by molar-refractivity contribution is 9.10. The Morgan fingerprint density at radius 3 is 2.66 bits per heavy atom. The number of aromatic nitrogens is 3. The molecule has 29 heavy (non-hydrogen) atoms. The number of imidazole rings is 1. The van der Waals surface area contributed by atoms with E-state index in [1.807, 2.05) is 48.5 Å². The molecule has 7 nitrogen and oxygen atoms in total. The van der Waals surface area contributed by atoms with Crippen LogP contribution in [0.15, 0.2) is 68.4 Å². The van der Waals surface area contributed by atoms with Crippen molar-refractivity contribution < 1.29 is 14.0 Å². The average Bonchev–Trinajstić information content (AvgIpc) is 3.39. The maximum Gasteiger partial charge on any atom is 0.373 e. The van der Waals surface area contributed by atoms with E-state index >= 15 is 0 Å². The van der Waals surface area contributed by atoms with Gasteiger partial charge >= 0.3 is 6.15 Å². The van der Waals surface area contributed by atoms with E-state index in [4.69, 9.17) is 14.0 Å². The summed E-state index contributed by atoms with van der Waals surface area (Å²) in [6, 6.07) is 15.5. The van der Waals surface area contributed by atoms with Gasteiger partial charge in [0.05, 0.1) is 0 Å². The van der Waals surface area contributed by atoms with Crippen LogP contribution in [0.1, 0.15) is 5.76 Å². The van der Waals surface area contributed by atoms with Crippen molar-refractivity contribution in [1.29, 1.82) is 0 Å². The third-order valence-electron chi connectivity index (χ3n) is 4.01. The second kappa shape index (κ2) is 7.92. The van der Waals surface area contributed by atoms with Crippen LogP contribution >= 0.6 is 27.3 Å². The fourth-order valence-electron chi connectivity index (χ4n) is 2.83. The van der Waals surface area contributed by atoms with Gasteiger partial charge < -0.3 is 4.42 Å². The van der Waals surface area contributed by atoms with Crippen molar-refractivity contribution in [2.45, 2.75) is 0 Å². The van der Waals surface area contributed by atoms with Crippen molar-refractivity contribution in [1.82, 2.24) is 14.4 Å². The monoisotopic (exact) mass is 467 g/mol. The smallest absolute Gasteiger partial charge is 0.373 e. The number of hydrogen-bond donors (Lipinski definition) is 0. The topological polar surface area (TPSA) is 94.5 Å². The van der Waals surface area contributed by atoms with Gasteiger partial charge in [0.1, 0.15) is 21.6 Å². The van der Waals surface area contributed by atoms with Gasteiger partial charge in [0.25, 0.3) is 5.56 Å². The Bertz CT molecular complexity index is 1460. The van der Waals surface area contributed by atoms with E-state index in [1.54, 1.807) is 16.7 Å². The molecule has 0 radical (unpaired) electrons. The van der Waals surface area contributed by atoms with Crippen LogP contribution in [0.5, 0.6) is 0 Å². The molecule has 0 atom stereocenters. The van der Waals surface area contributed by atoms with Crippen molar-refractivity contribution in [3.63, 3.8) is 0 Å². The highest BCUT2D eigenvalue weighted by Crippen LogP contribution is 2.22. The van der Waals surface area contributed by atoms with Gasteiger partial charge in [-0.2, -0.15) is 9.59 Å². The molecule has 0 aliphatic heterocycles. The molecule has 5 aromatic rings. The maximum absolute atomic E-state index is 12.8. The molecule has 0 saturated carbocycles. The van der Waals surface area contributed by atoms with Gasteiger partial charge in [0.15, 0.2) is 10.6 Å². The predicted octanol–water partition coefficient (Wildman–Crippen LogP) is 3.29. The molecule has 0 aliphatic rings. The first-order chi connectivity index (χ1) is 14.1. The minimum atomic E-state index is -0.139. The standard InChI is InChI=1S/C19H10BrN3O2S.CO2/c20-12-8-14-17(21-10-12)23-18(24)16(26-19(23)22-14)9-13-6-7-15(25-13)11-4-2-1-3-5-11;2-1-3/h1-10H;/b16-9-;. The summed E-state index contributed by atoms with van der Waals surface area (Å²) < 4.78 is 8.80. The Morgan fingerprint density at radius 1 is 1.14 bits per heavy atom. The molecule has 4 heterocycles. The second-order valence-corrected chi connectivity index (χ2v) is 7.72. The first-order valence-corrected chi connectivity index (χ1v) is 9.84. The van der Waals surface area contributed by atoms with Crippen LogP contribution in [0.4, 0.5) is 0 Å². The molecule has 0 amide bonds. The molecular weight excluding hydrogens is 458 g/mol. The van der Waals surface area contributed by atoms with Crippen molar-refractivity contribution in [3.8, 4) is 11.3 Å². The predicted molar refractivity (Wildman–Crippen MR) is 110 cm³/mol.